The van der Waals surface area contributed by atoms with Crippen LogP contribution in [0.3, 0.4) is 0 Å². The number of aromatic nitrogens is 4. The summed E-state index contributed by atoms with van der Waals surface area (Å²) in [5, 5.41) is 0. The molecule has 0 saturated carbocycles. The quantitative estimate of drug-likeness (QED) is 0.520. The van der Waals surface area contributed by atoms with Gasteiger partial charge in [-0.1, -0.05) is 12.1 Å². The number of fused-ring (bicyclic) bond motifs is 1. The molecule has 0 atom stereocenters. The van der Waals surface area contributed by atoms with E-state index in [1.807, 2.05) is 0 Å². The predicted molar refractivity (Wildman–Crippen MR) is 107 cm³/mol. The van der Waals surface area contributed by atoms with Gasteiger partial charge in [0.2, 0.25) is 0 Å². The molecule has 9 nitrogen and oxygen atoms in total. The fourth-order valence-electron chi connectivity index (χ4n) is 3.12. The number of H-pyrrole nitrogens is 1. The molecule has 0 aliphatic heterocycles. The number of rotatable bonds is 5. The minimum Gasteiger partial charge on any atom is -0.493 e. The molecule has 0 saturated heterocycles. The molecule has 4 rings (SSSR count). The van der Waals surface area contributed by atoms with Crippen molar-refractivity contribution >= 4 is 17.1 Å². The van der Waals surface area contributed by atoms with E-state index in [1.54, 1.807) is 24.3 Å². The molecule has 152 valence electrons. The Bertz CT molecular complexity index is 1350. The number of amides is 1. The standard InChI is InChI=1S/C20H16FN5O4/c1-29-13-8-7-10(9-14(13)30-2)18-23-15(17(22)27)16-19(25-18)26(20(28)24-16)12-6-4-3-5-11(12)21/h3-9H,1-2H3,(H2,22,27)(H,24,28). The molecule has 0 radical (unpaired) electrons. The second kappa shape index (κ2) is 7.32. The molecule has 0 spiro atoms. The van der Waals surface area contributed by atoms with E-state index in [1.165, 1.54) is 32.4 Å². The number of benzene rings is 2. The number of primary amides is 1. The van der Waals surface area contributed by atoms with E-state index < -0.39 is 17.4 Å². The molecule has 0 unspecified atom stereocenters. The summed E-state index contributed by atoms with van der Waals surface area (Å²) in [5.74, 6) is -0.498. The van der Waals surface area contributed by atoms with Crippen molar-refractivity contribution in [2.45, 2.75) is 0 Å². The number of nitrogens with two attached hydrogens (primary N) is 1. The number of carbonyl (C=O) groups excluding carboxylic acids is 1. The van der Waals surface area contributed by atoms with Gasteiger partial charge in [-0.25, -0.2) is 23.7 Å². The number of aromatic amines is 1. The van der Waals surface area contributed by atoms with Crippen LogP contribution in [0.5, 0.6) is 11.5 Å². The van der Waals surface area contributed by atoms with Crippen LogP contribution in [-0.2, 0) is 0 Å². The molecule has 3 N–H and O–H groups in total. The molecule has 10 heteroatoms. The highest BCUT2D eigenvalue weighted by Gasteiger charge is 2.21. The van der Waals surface area contributed by atoms with Crippen molar-refractivity contribution in [1.82, 2.24) is 19.5 Å². The molecule has 0 fully saturated rings. The number of imidazole rings is 1. The lowest BCUT2D eigenvalue weighted by Crippen LogP contribution is -2.16. The molecular weight excluding hydrogens is 393 g/mol. The first kappa shape index (κ1) is 19.1. The fraction of sp³-hybridized carbons (Fsp3) is 0.100. The minimum absolute atomic E-state index is 0.0127. The average molecular weight is 409 g/mol. The monoisotopic (exact) mass is 409 g/mol. The van der Waals surface area contributed by atoms with Crippen molar-refractivity contribution in [1.29, 1.82) is 0 Å². The molecule has 30 heavy (non-hydrogen) atoms. The summed E-state index contributed by atoms with van der Waals surface area (Å²) in [6.07, 6.45) is 0. The summed E-state index contributed by atoms with van der Waals surface area (Å²) in [6.45, 7) is 0. The number of methoxy groups -OCH3 is 2. The Morgan fingerprint density at radius 3 is 2.50 bits per heavy atom. The average Bonchev–Trinajstić information content (AvgIpc) is 3.08. The maximum atomic E-state index is 14.4. The van der Waals surface area contributed by atoms with E-state index in [9.17, 15) is 14.0 Å². The van der Waals surface area contributed by atoms with Crippen LogP contribution in [0.2, 0.25) is 0 Å². The smallest absolute Gasteiger partial charge is 0.332 e. The summed E-state index contributed by atoms with van der Waals surface area (Å²) in [5.41, 5.74) is 5.07. The SMILES string of the molecule is COc1ccc(-c2nc(C(N)=O)c3[nH]c(=O)n(-c4ccccc4F)c3n2)cc1OC. The highest BCUT2D eigenvalue weighted by atomic mass is 19.1. The number of halogens is 1. The summed E-state index contributed by atoms with van der Waals surface area (Å²) < 4.78 is 25.9. The number of hydrogen-bond acceptors (Lipinski definition) is 6. The number of nitrogens with zero attached hydrogens (tertiary/aromatic N) is 3. The van der Waals surface area contributed by atoms with Crippen molar-refractivity contribution in [2.24, 2.45) is 5.73 Å². The fourth-order valence-corrected chi connectivity index (χ4v) is 3.12. The molecular formula is C20H16FN5O4. The zero-order valence-corrected chi connectivity index (χ0v) is 16.0. The van der Waals surface area contributed by atoms with E-state index in [2.05, 4.69) is 15.0 Å². The van der Waals surface area contributed by atoms with Gasteiger partial charge in [0.05, 0.1) is 19.9 Å². The van der Waals surface area contributed by atoms with E-state index in [0.29, 0.717) is 17.1 Å². The van der Waals surface area contributed by atoms with E-state index in [-0.39, 0.29) is 28.4 Å². The van der Waals surface area contributed by atoms with Gasteiger partial charge >= 0.3 is 5.69 Å². The van der Waals surface area contributed by atoms with Crippen LogP contribution < -0.4 is 20.9 Å². The largest absolute Gasteiger partial charge is 0.493 e. The number of carbonyl (C=O) groups is 1. The normalized spacial score (nSPS) is 10.9. The first-order chi connectivity index (χ1) is 14.4. The number of para-hydroxylation sites is 1. The van der Waals surface area contributed by atoms with Gasteiger partial charge in [0.25, 0.3) is 5.91 Å². The first-order valence-electron chi connectivity index (χ1n) is 8.74. The van der Waals surface area contributed by atoms with Gasteiger partial charge in [-0.3, -0.25) is 4.79 Å². The zero-order chi connectivity index (χ0) is 21.4. The summed E-state index contributed by atoms with van der Waals surface area (Å²) in [6, 6.07) is 10.6. The van der Waals surface area contributed by atoms with Gasteiger partial charge in [0, 0.05) is 5.56 Å². The lowest BCUT2D eigenvalue weighted by molar-refractivity contribution is 0.0997. The number of hydrogen-bond donors (Lipinski definition) is 2. The molecule has 4 aromatic rings. The molecule has 0 aliphatic carbocycles. The number of nitrogens with one attached hydrogen (secondary N) is 1. The predicted octanol–water partition coefficient (Wildman–Crippen LogP) is 2.03. The third-order valence-electron chi connectivity index (χ3n) is 4.51. The second-order valence-electron chi connectivity index (χ2n) is 6.25. The van der Waals surface area contributed by atoms with Gasteiger partial charge in [0.15, 0.2) is 28.7 Å². The maximum absolute atomic E-state index is 14.4. The zero-order valence-electron chi connectivity index (χ0n) is 16.0. The van der Waals surface area contributed by atoms with Crippen molar-refractivity contribution in [3.63, 3.8) is 0 Å². The van der Waals surface area contributed by atoms with Crippen LogP contribution >= 0.6 is 0 Å². The minimum atomic E-state index is -0.869. The van der Waals surface area contributed by atoms with Crippen LogP contribution in [0, 0.1) is 5.82 Å². The Labute approximate surface area is 168 Å². The summed E-state index contributed by atoms with van der Waals surface area (Å²) >= 11 is 0. The van der Waals surface area contributed by atoms with Crippen molar-refractivity contribution < 1.29 is 18.7 Å². The first-order valence-corrected chi connectivity index (χ1v) is 8.74. The topological polar surface area (TPSA) is 125 Å². The van der Waals surface area contributed by atoms with Crippen LogP contribution in [0.25, 0.3) is 28.2 Å². The van der Waals surface area contributed by atoms with Gasteiger partial charge in [-0.05, 0) is 30.3 Å². The number of ether oxygens (including phenoxy) is 2. The highest BCUT2D eigenvalue weighted by molar-refractivity contribution is 6.02. The van der Waals surface area contributed by atoms with Gasteiger partial charge in [-0.2, -0.15) is 0 Å². The molecule has 2 heterocycles. The van der Waals surface area contributed by atoms with Crippen molar-refractivity contribution in [3.8, 4) is 28.6 Å². The summed E-state index contributed by atoms with van der Waals surface area (Å²) in [4.78, 5) is 35.7. The van der Waals surface area contributed by atoms with E-state index in [0.717, 1.165) is 4.57 Å². The molecule has 2 aromatic carbocycles. The molecule has 1 amide bonds. The lowest BCUT2D eigenvalue weighted by atomic mass is 10.1. The third kappa shape index (κ3) is 3.04. The van der Waals surface area contributed by atoms with Crippen molar-refractivity contribution in [3.05, 3.63) is 64.5 Å². The molecule has 0 aliphatic rings. The Morgan fingerprint density at radius 2 is 1.83 bits per heavy atom. The Balaban J connectivity index is 2.04. The van der Waals surface area contributed by atoms with Crippen LogP contribution in [0.1, 0.15) is 10.5 Å². The Morgan fingerprint density at radius 1 is 1.10 bits per heavy atom. The highest BCUT2D eigenvalue weighted by Crippen LogP contribution is 2.32. The van der Waals surface area contributed by atoms with Crippen molar-refractivity contribution in [2.75, 3.05) is 14.2 Å². The Kier molecular flexibility index (Phi) is 4.66. The van der Waals surface area contributed by atoms with Crippen LogP contribution in [0.15, 0.2) is 47.3 Å². The molecule has 2 aromatic heterocycles. The van der Waals surface area contributed by atoms with E-state index in [4.69, 9.17) is 15.2 Å². The van der Waals surface area contributed by atoms with E-state index >= 15 is 0 Å². The Hall–Kier alpha value is -4.21. The molecule has 0 bridgehead atoms. The second-order valence-corrected chi connectivity index (χ2v) is 6.25. The van der Waals surface area contributed by atoms with Gasteiger partial charge < -0.3 is 20.2 Å². The maximum Gasteiger partial charge on any atom is 0.332 e. The lowest BCUT2D eigenvalue weighted by Gasteiger charge is -2.10. The van der Waals surface area contributed by atoms with Crippen LogP contribution in [0.4, 0.5) is 4.39 Å². The van der Waals surface area contributed by atoms with Crippen LogP contribution in [-0.4, -0.2) is 39.6 Å². The van der Waals surface area contributed by atoms with Gasteiger partial charge in [0.1, 0.15) is 11.3 Å². The van der Waals surface area contributed by atoms with Gasteiger partial charge in [-0.15, -0.1) is 0 Å². The third-order valence-corrected chi connectivity index (χ3v) is 4.51. The summed E-state index contributed by atoms with van der Waals surface area (Å²) in [7, 11) is 2.97.